The van der Waals surface area contributed by atoms with Crippen LogP contribution in [-0.2, 0) is 16.6 Å². The van der Waals surface area contributed by atoms with Crippen molar-refractivity contribution in [2.24, 2.45) is 0 Å². The summed E-state index contributed by atoms with van der Waals surface area (Å²) in [5, 5.41) is -0.136. The number of hydrogen-bond acceptors (Lipinski definition) is 2. The zero-order valence-electron chi connectivity index (χ0n) is 11.7. The van der Waals surface area contributed by atoms with Gasteiger partial charge in [0.1, 0.15) is 10.7 Å². The zero-order valence-corrected chi connectivity index (χ0v) is 13.2. The highest BCUT2D eigenvalue weighted by Crippen LogP contribution is 2.22. The molecule has 0 amide bonds. The van der Waals surface area contributed by atoms with Crippen LogP contribution >= 0.6 is 11.6 Å². The van der Waals surface area contributed by atoms with Crippen LogP contribution in [0.25, 0.3) is 0 Å². The molecular formula is C15H15ClFNO2S. The van der Waals surface area contributed by atoms with E-state index in [1.165, 1.54) is 0 Å². The molecule has 0 radical (unpaired) electrons. The molecule has 6 heteroatoms. The molecule has 0 bridgehead atoms. The fraction of sp³-hybridized carbons (Fsp3) is 0.200. The van der Waals surface area contributed by atoms with Gasteiger partial charge in [-0.05, 0) is 37.6 Å². The lowest BCUT2D eigenvalue weighted by molar-refractivity contribution is 0.580. The van der Waals surface area contributed by atoms with Crippen LogP contribution in [0.15, 0.2) is 41.3 Å². The van der Waals surface area contributed by atoms with E-state index in [0.717, 1.165) is 34.9 Å². The average molecular weight is 328 g/mol. The molecule has 112 valence electrons. The van der Waals surface area contributed by atoms with Gasteiger partial charge in [0.2, 0.25) is 10.0 Å². The Labute approximate surface area is 128 Å². The van der Waals surface area contributed by atoms with Gasteiger partial charge in [-0.15, -0.1) is 0 Å². The van der Waals surface area contributed by atoms with Gasteiger partial charge >= 0.3 is 0 Å². The summed E-state index contributed by atoms with van der Waals surface area (Å²) in [6.45, 7) is 4.04. The number of nitrogens with one attached hydrogen (secondary N) is 1. The fourth-order valence-corrected chi connectivity index (χ4v) is 3.67. The topological polar surface area (TPSA) is 46.2 Å². The van der Waals surface area contributed by atoms with Crippen molar-refractivity contribution < 1.29 is 12.8 Å². The van der Waals surface area contributed by atoms with Crippen molar-refractivity contribution in [3.05, 3.63) is 63.9 Å². The Morgan fingerprint density at radius 1 is 1.10 bits per heavy atom. The molecule has 0 saturated heterocycles. The molecule has 0 aliphatic carbocycles. The number of rotatable bonds is 4. The number of halogens is 2. The summed E-state index contributed by atoms with van der Waals surface area (Å²) in [6, 6.07) is 9.02. The Morgan fingerprint density at radius 2 is 1.71 bits per heavy atom. The van der Waals surface area contributed by atoms with Crippen LogP contribution in [0.5, 0.6) is 0 Å². The van der Waals surface area contributed by atoms with Crippen LogP contribution in [0.1, 0.15) is 16.7 Å². The smallest absolute Gasteiger partial charge is 0.207 e. The first-order chi connectivity index (χ1) is 9.78. The number of hydrogen-bond donors (Lipinski definition) is 1. The maximum atomic E-state index is 13.0. The van der Waals surface area contributed by atoms with Crippen LogP contribution in [0.3, 0.4) is 0 Å². The molecule has 0 fully saturated rings. The zero-order chi connectivity index (χ0) is 15.6. The molecule has 0 spiro atoms. The van der Waals surface area contributed by atoms with E-state index < -0.39 is 15.8 Å². The molecule has 0 aliphatic heterocycles. The minimum absolute atomic E-state index is 0.130. The van der Waals surface area contributed by atoms with Gasteiger partial charge in [-0.2, -0.15) is 0 Å². The van der Waals surface area contributed by atoms with Crippen LogP contribution in [0.4, 0.5) is 4.39 Å². The van der Waals surface area contributed by atoms with E-state index in [-0.39, 0.29) is 16.5 Å². The van der Waals surface area contributed by atoms with Crippen LogP contribution in [0, 0.1) is 19.7 Å². The van der Waals surface area contributed by atoms with Crippen molar-refractivity contribution in [3.8, 4) is 0 Å². The lowest BCUT2D eigenvalue weighted by atomic mass is 10.1. The van der Waals surface area contributed by atoms with Crippen LogP contribution in [-0.4, -0.2) is 8.42 Å². The van der Waals surface area contributed by atoms with E-state index in [1.54, 1.807) is 0 Å². The highest BCUT2D eigenvalue weighted by atomic mass is 35.5. The highest BCUT2D eigenvalue weighted by molar-refractivity contribution is 7.89. The van der Waals surface area contributed by atoms with Crippen molar-refractivity contribution >= 4 is 21.6 Å². The summed E-state index contributed by atoms with van der Waals surface area (Å²) in [4.78, 5) is -0.130. The number of sulfonamides is 1. The molecule has 0 unspecified atom stereocenters. The Morgan fingerprint density at radius 3 is 2.29 bits per heavy atom. The van der Waals surface area contributed by atoms with Crippen molar-refractivity contribution in [3.63, 3.8) is 0 Å². The van der Waals surface area contributed by atoms with E-state index in [2.05, 4.69) is 4.72 Å². The van der Waals surface area contributed by atoms with Crippen LogP contribution in [0.2, 0.25) is 5.02 Å². The first-order valence-electron chi connectivity index (χ1n) is 6.30. The molecule has 2 aromatic carbocycles. The second-order valence-corrected chi connectivity index (χ2v) is 7.04. The molecule has 0 saturated carbocycles. The second-order valence-electron chi connectivity index (χ2n) is 4.90. The van der Waals surface area contributed by atoms with Gasteiger partial charge < -0.3 is 0 Å². The number of aryl methyl sites for hydroxylation is 2. The summed E-state index contributed by atoms with van der Waals surface area (Å²) in [5.41, 5.74) is 2.97. The van der Waals surface area contributed by atoms with Gasteiger partial charge in [-0.3, -0.25) is 0 Å². The van der Waals surface area contributed by atoms with Gasteiger partial charge in [0.25, 0.3) is 0 Å². The lowest BCUT2D eigenvalue weighted by Crippen LogP contribution is -2.23. The van der Waals surface area contributed by atoms with Crippen molar-refractivity contribution in [2.45, 2.75) is 25.3 Å². The maximum Gasteiger partial charge on any atom is 0.242 e. The summed E-state index contributed by atoms with van der Waals surface area (Å²) in [7, 11) is -3.78. The fourth-order valence-electron chi connectivity index (χ4n) is 2.12. The van der Waals surface area contributed by atoms with E-state index in [9.17, 15) is 12.8 Å². The average Bonchev–Trinajstić information content (AvgIpc) is 2.35. The molecule has 2 rings (SSSR count). The van der Waals surface area contributed by atoms with Crippen molar-refractivity contribution in [2.75, 3.05) is 0 Å². The molecule has 0 atom stereocenters. The van der Waals surface area contributed by atoms with Gasteiger partial charge in [-0.1, -0.05) is 40.9 Å². The Kier molecular flexibility index (Phi) is 4.66. The first kappa shape index (κ1) is 15.9. The third kappa shape index (κ3) is 4.03. The van der Waals surface area contributed by atoms with Gasteiger partial charge in [0.05, 0.1) is 5.02 Å². The second kappa shape index (κ2) is 6.13. The Balaban J connectivity index is 2.21. The SMILES string of the molecule is Cc1cc(C)cc(CNS(=O)(=O)c2ccc(F)cc2Cl)c1. The molecule has 0 aromatic heterocycles. The normalized spacial score (nSPS) is 11.6. The highest BCUT2D eigenvalue weighted by Gasteiger charge is 2.18. The summed E-state index contributed by atoms with van der Waals surface area (Å²) in [5.74, 6) is -0.576. The minimum Gasteiger partial charge on any atom is -0.207 e. The Hall–Kier alpha value is -1.43. The van der Waals surface area contributed by atoms with E-state index in [4.69, 9.17) is 11.6 Å². The quantitative estimate of drug-likeness (QED) is 0.933. The third-order valence-corrected chi connectivity index (χ3v) is 4.82. The minimum atomic E-state index is -3.78. The number of benzene rings is 2. The molecule has 21 heavy (non-hydrogen) atoms. The van der Waals surface area contributed by atoms with E-state index in [1.807, 2.05) is 32.0 Å². The van der Waals surface area contributed by atoms with Crippen molar-refractivity contribution in [1.82, 2.24) is 4.72 Å². The Bertz CT molecular complexity index is 755. The summed E-state index contributed by atoms with van der Waals surface area (Å²) >= 11 is 5.79. The van der Waals surface area contributed by atoms with E-state index in [0.29, 0.717) is 0 Å². The molecule has 2 aromatic rings. The standard InChI is InChI=1S/C15H15ClFNO2S/c1-10-5-11(2)7-12(6-10)9-18-21(19,20)15-4-3-13(17)8-14(15)16/h3-8,18H,9H2,1-2H3. The van der Waals surface area contributed by atoms with Gasteiger partial charge in [0.15, 0.2) is 0 Å². The molecule has 1 N–H and O–H groups in total. The molecule has 3 nitrogen and oxygen atoms in total. The largest absolute Gasteiger partial charge is 0.242 e. The van der Waals surface area contributed by atoms with Crippen LogP contribution < -0.4 is 4.72 Å². The predicted octanol–water partition coefficient (Wildman–Crippen LogP) is 3.57. The predicted molar refractivity (Wildman–Crippen MR) is 81.4 cm³/mol. The first-order valence-corrected chi connectivity index (χ1v) is 8.16. The molecule has 0 aliphatic rings. The summed E-state index contributed by atoms with van der Waals surface area (Å²) in [6.07, 6.45) is 0. The summed E-state index contributed by atoms with van der Waals surface area (Å²) < 4.78 is 39.8. The van der Waals surface area contributed by atoms with Crippen molar-refractivity contribution in [1.29, 1.82) is 0 Å². The van der Waals surface area contributed by atoms with E-state index >= 15 is 0 Å². The third-order valence-electron chi connectivity index (χ3n) is 2.93. The molecule has 0 heterocycles. The lowest BCUT2D eigenvalue weighted by Gasteiger charge is -2.09. The molecular weight excluding hydrogens is 313 g/mol. The van der Waals surface area contributed by atoms with Gasteiger partial charge in [0, 0.05) is 6.54 Å². The monoisotopic (exact) mass is 327 g/mol. The maximum absolute atomic E-state index is 13.0. The van der Waals surface area contributed by atoms with Gasteiger partial charge in [-0.25, -0.2) is 17.5 Å².